The van der Waals surface area contributed by atoms with Gasteiger partial charge in [-0.15, -0.1) is 0 Å². The Morgan fingerprint density at radius 2 is 0.452 bits per heavy atom. The van der Waals surface area contributed by atoms with Gasteiger partial charge in [0.15, 0.2) is 0 Å². The molecule has 6 aromatic rings. The van der Waals surface area contributed by atoms with Crippen LogP contribution >= 0.6 is 15.2 Å². The number of unbranched alkanes of at least 4 members (excludes halogenated alkanes) is 8. The molecule has 0 radical (unpaired) electrons. The molecule has 0 spiro atoms. The summed E-state index contributed by atoms with van der Waals surface area (Å²) in [6.45, 7) is 26.8. The van der Waals surface area contributed by atoms with E-state index in [4.69, 9.17) is 18.1 Å². The van der Waals surface area contributed by atoms with Gasteiger partial charge in [-0.1, -0.05) is 183 Å². The number of hydrogen-bond acceptors (Lipinski definition) is 6. The van der Waals surface area contributed by atoms with Crippen LogP contribution in [0.5, 0.6) is 23.0 Å². The van der Waals surface area contributed by atoms with Crippen LogP contribution in [-0.2, 0) is 86.2 Å². The molecule has 6 aromatic carbocycles. The Bertz CT molecular complexity index is 2700. The van der Waals surface area contributed by atoms with Gasteiger partial charge in [0, 0.05) is 0 Å². The molecular formula is C76H108O6P2. The van der Waals surface area contributed by atoms with Crippen LogP contribution in [0.2, 0.25) is 0 Å². The molecule has 0 aliphatic rings. The molecule has 0 atom stereocenters. The Hall–Kier alpha value is -5.02. The summed E-state index contributed by atoms with van der Waals surface area (Å²) in [4.78, 5) is 0. The van der Waals surface area contributed by atoms with E-state index in [1.807, 2.05) is 48.5 Å². The van der Waals surface area contributed by atoms with Crippen LogP contribution in [0.1, 0.15) is 253 Å². The monoisotopic (exact) mass is 1180 g/mol. The number of benzene rings is 6. The fourth-order valence-corrected chi connectivity index (χ4v) is 15.6. The van der Waals surface area contributed by atoms with Crippen molar-refractivity contribution in [2.45, 2.75) is 263 Å². The van der Waals surface area contributed by atoms with Crippen molar-refractivity contribution >= 4 is 25.8 Å². The van der Waals surface area contributed by atoms with Gasteiger partial charge in [-0.2, -0.15) is 0 Å². The molecule has 0 saturated carbocycles. The van der Waals surface area contributed by atoms with Crippen LogP contribution in [0.15, 0.2) is 97.1 Å². The molecule has 0 bridgehead atoms. The second kappa shape index (κ2) is 35.0. The summed E-state index contributed by atoms with van der Waals surface area (Å²) in [6, 6.07) is 32.8. The van der Waals surface area contributed by atoms with Gasteiger partial charge < -0.3 is 18.1 Å². The van der Waals surface area contributed by atoms with Crippen LogP contribution in [0.3, 0.4) is 0 Å². The van der Waals surface area contributed by atoms with E-state index in [-0.39, 0.29) is 0 Å². The Balaban J connectivity index is 1.49. The molecule has 84 heavy (non-hydrogen) atoms. The van der Waals surface area contributed by atoms with Gasteiger partial charge in [0.25, 0.3) is 0 Å². The minimum atomic E-state index is -4.10. The fourth-order valence-electron chi connectivity index (χ4n) is 12.3. The highest BCUT2D eigenvalue weighted by atomic mass is 31.2. The van der Waals surface area contributed by atoms with Gasteiger partial charge in [-0.25, -0.2) is 9.13 Å². The van der Waals surface area contributed by atoms with Gasteiger partial charge >= 0.3 is 15.2 Å². The molecule has 0 aliphatic carbocycles. The fraction of sp³-hybridized carbons (Fsp3) is 0.526. The first kappa shape index (κ1) is 68.1. The Labute approximate surface area is 511 Å². The van der Waals surface area contributed by atoms with Crippen molar-refractivity contribution in [3.05, 3.63) is 164 Å². The first-order valence-corrected chi connectivity index (χ1v) is 36.7. The zero-order valence-electron chi connectivity index (χ0n) is 54.4. The molecule has 0 unspecified atom stereocenters. The Kier molecular flexibility index (Phi) is 28.3. The Morgan fingerprint density at radius 1 is 0.250 bits per heavy atom. The normalized spacial score (nSPS) is 11.8. The Morgan fingerprint density at radius 3 is 0.643 bits per heavy atom. The highest BCUT2D eigenvalue weighted by Gasteiger charge is 2.36. The zero-order valence-corrected chi connectivity index (χ0v) is 56.2. The third-order valence-corrected chi connectivity index (χ3v) is 20.9. The lowest BCUT2D eigenvalue weighted by molar-refractivity contribution is 0.393. The molecule has 6 nitrogen and oxygen atoms in total. The van der Waals surface area contributed by atoms with E-state index >= 15 is 9.13 Å². The lowest BCUT2D eigenvalue weighted by Crippen LogP contribution is -2.17. The quantitative estimate of drug-likeness (QED) is 0.0358. The molecule has 0 saturated heterocycles. The highest BCUT2D eigenvalue weighted by Crippen LogP contribution is 2.53. The van der Waals surface area contributed by atoms with Crippen molar-refractivity contribution in [1.29, 1.82) is 0 Å². The van der Waals surface area contributed by atoms with E-state index in [1.54, 1.807) is 0 Å². The summed E-state index contributed by atoms with van der Waals surface area (Å²) < 4.78 is 60.8. The lowest BCUT2D eigenvalue weighted by atomic mass is 9.92. The van der Waals surface area contributed by atoms with Crippen LogP contribution in [0, 0.1) is 0 Å². The number of aryl methyl sites for hydroxylation is 4. The molecule has 0 heterocycles. The second-order valence-electron chi connectivity index (χ2n) is 23.4. The van der Waals surface area contributed by atoms with Crippen molar-refractivity contribution in [3.63, 3.8) is 0 Å². The maximum atomic E-state index is 16.3. The lowest BCUT2D eigenvalue weighted by Gasteiger charge is -2.26. The van der Waals surface area contributed by atoms with Gasteiger partial charge in [-0.05, 0) is 255 Å². The minimum absolute atomic E-state index is 0.496. The average Bonchev–Trinajstić information content (AvgIpc) is 3.71. The summed E-state index contributed by atoms with van der Waals surface area (Å²) in [6.07, 6.45) is 28.1. The summed E-state index contributed by atoms with van der Waals surface area (Å²) in [5.41, 5.74) is 17.1. The second-order valence-corrected chi connectivity index (χ2v) is 27.2. The van der Waals surface area contributed by atoms with Crippen molar-refractivity contribution in [3.8, 4) is 34.1 Å². The van der Waals surface area contributed by atoms with E-state index < -0.39 is 15.2 Å². The van der Waals surface area contributed by atoms with Gasteiger partial charge in [0.2, 0.25) is 0 Å². The van der Waals surface area contributed by atoms with Crippen molar-refractivity contribution < 1.29 is 27.2 Å². The maximum absolute atomic E-state index is 16.3. The standard InChI is InChI=1S/C76H108O6P2/c1-13-25-33-59-45-53-73(69(37-29-17-5)65(59)21-9)79-83(77,80-74-54-46-60(34-26-14-2)66(22-10)70(74)38-30-18-6)63-49-41-57(42-50-63)58-43-51-64(52-44-58)84(78,81-75-55-47-61(35-27-15-3)67(23-11)71(75)39-31-19-7)82-76-56-48-62(36-28-16-4)68(24-12)72(76)40-32-20-8/h41-56H,13-40H2,1-12H3. The SMILES string of the molecule is CCCCc1ccc(OP(=O)(Oc2ccc(CCCC)c(CC)c2CCCC)c2ccc(-c3ccc(P(=O)(Oc4ccc(CCCC)c(CC)c4CCCC)Oc4ccc(CCCC)c(CC)c4CCCC)cc3)cc2)c(CCCC)c1CC. The van der Waals surface area contributed by atoms with Crippen LogP contribution in [0.25, 0.3) is 11.1 Å². The molecular weight excluding hydrogens is 1070 g/mol. The smallest absolute Gasteiger partial charge is 0.413 e. The summed E-state index contributed by atoms with van der Waals surface area (Å²) in [5.74, 6) is 2.59. The molecule has 0 amide bonds. The summed E-state index contributed by atoms with van der Waals surface area (Å²) in [5, 5.41) is 0.991. The number of rotatable bonds is 39. The molecule has 6 rings (SSSR count). The van der Waals surface area contributed by atoms with E-state index in [1.165, 1.54) is 44.5 Å². The summed E-state index contributed by atoms with van der Waals surface area (Å²) in [7, 11) is -8.20. The van der Waals surface area contributed by atoms with Gasteiger partial charge in [0.05, 0.1) is 10.6 Å². The third-order valence-electron chi connectivity index (χ3n) is 17.2. The zero-order chi connectivity index (χ0) is 60.5. The largest absolute Gasteiger partial charge is 0.462 e. The van der Waals surface area contributed by atoms with E-state index in [2.05, 4.69) is 132 Å². The van der Waals surface area contributed by atoms with E-state index in [0.717, 1.165) is 213 Å². The predicted molar refractivity (Wildman–Crippen MR) is 361 cm³/mol. The topological polar surface area (TPSA) is 71.1 Å². The van der Waals surface area contributed by atoms with Crippen LogP contribution in [-0.4, -0.2) is 0 Å². The molecule has 0 N–H and O–H groups in total. The first-order chi connectivity index (χ1) is 40.9. The molecule has 0 aromatic heterocycles. The number of hydrogen-bond donors (Lipinski definition) is 0. The van der Waals surface area contributed by atoms with Crippen molar-refractivity contribution in [1.82, 2.24) is 0 Å². The van der Waals surface area contributed by atoms with E-state index in [0.29, 0.717) is 33.6 Å². The van der Waals surface area contributed by atoms with Crippen LogP contribution in [0.4, 0.5) is 0 Å². The molecule has 0 fully saturated rings. The minimum Gasteiger partial charge on any atom is -0.413 e. The molecule has 458 valence electrons. The third kappa shape index (κ3) is 17.6. The maximum Gasteiger partial charge on any atom is 0.462 e. The predicted octanol–water partition coefficient (Wildman–Crippen LogP) is 22.3. The average molecular weight is 1180 g/mol. The van der Waals surface area contributed by atoms with Gasteiger partial charge in [0.1, 0.15) is 23.0 Å². The van der Waals surface area contributed by atoms with Gasteiger partial charge in [-0.3, -0.25) is 0 Å². The van der Waals surface area contributed by atoms with Crippen LogP contribution < -0.4 is 28.7 Å². The van der Waals surface area contributed by atoms with E-state index in [9.17, 15) is 0 Å². The summed E-state index contributed by atoms with van der Waals surface area (Å²) >= 11 is 0. The van der Waals surface area contributed by atoms with Crippen molar-refractivity contribution in [2.75, 3.05) is 0 Å². The van der Waals surface area contributed by atoms with Crippen molar-refractivity contribution in [2.24, 2.45) is 0 Å². The molecule has 8 heteroatoms. The highest BCUT2D eigenvalue weighted by molar-refractivity contribution is 7.63. The molecule has 0 aliphatic heterocycles. The first-order valence-electron chi connectivity index (χ1n) is 33.6.